The SMILES string of the molecule is CC1([C@H]2CCCN2c2ccn3ncc(NC(=O)N4CC[C@@H](O)C4)c3n2)CC(F)=CC=C1F. The van der Waals surface area contributed by atoms with E-state index >= 15 is 0 Å². The van der Waals surface area contributed by atoms with Crippen LogP contribution in [0, 0.1) is 5.41 Å². The van der Waals surface area contributed by atoms with E-state index < -0.39 is 11.5 Å². The molecule has 5 rings (SSSR count). The van der Waals surface area contributed by atoms with Gasteiger partial charge in [-0.1, -0.05) is 6.92 Å². The van der Waals surface area contributed by atoms with Crippen molar-refractivity contribution in [2.45, 2.75) is 44.8 Å². The second-order valence-electron chi connectivity index (χ2n) is 9.00. The first-order chi connectivity index (χ1) is 15.3. The van der Waals surface area contributed by atoms with Crippen molar-refractivity contribution in [3.63, 3.8) is 0 Å². The second kappa shape index (κ2) is 7.84. The summed E-state index contributed by atoms with van der Waals surface area (Å²) < 4.78 is 30.5. The molecule has 2 fully saturated rings. The third kappa shape index (κ3) is 3.52. The van der Waals surface area contributed by atoms with Gasteiger partial charge in [0.05, 0.1) is 12.3 Å². The Morgan fingerprint density at radius 3 is 2.91 bits per heavy atom. The van der Waals surface area contributed by atoms with Crippen molar-refractivity contribution in [2.75, 3.05) is 29.9 Å². The highest BCUT2D eigenvalue weighted by Crippen LogP contribution is 2.47. The summed E-state index contributed by atoms with van der Waals surface area (Å²) in [6, 6.07) is 1.26. The molecule has 2 aromatic rings. The Hall–Kier alpha value is -3.01. The maximum absolute atomic E-state index is 14.9. The summed E-state index contributed by atoms with van der Waals surface area (Å²) in [5.74, 6) is -0.00412. The zero-order chi connectivity index (χ0) is 22.5. The van der Waals surface area contributed by atoms with Crippen LogP contribution in [-0.4, -0.2) is 62.4 Å². The molecule has 4 heterocycles. The minimum atomic E-state index is -0.961. The Morgan fingerprint density at radius 2 is 2.12 bits per heavy atom. The van der Waals surface area contributed by atoms with Gasteiger partial charge in [-0.2, -0.15) is 5.10 Å². The van der Waals surface area contributed by atoms with E-state index in [2.05, 4.69) is 10.4 Å². The Bertz CT molecular complexity index is 1120. The lowest BCUT2D eigenvalue weighted by Gasteiger charge is -2.41. The van der Waals surface area contributed by atoms with Gasteiger partial charge in [-0.15, -0.1) is 0 Å². The number of β-amino-alcohol motifs (C(OH)–C–C–N with tert-alkyl or cyclic N) is 1. The lowest BCUT2D eigenvalue weighted by Crippen LogP contribution is -2.44. The van der Waals surface area contributed by atoms with Crippen LogP contribution in [-0.2, 0) is 0 Å². The van der Waals surface area contributed by atoms with Gasteiger partial charge in [0.15, 0.2) is 5.65 Å². The fourth-order valence-corrected chi connectivity index (χ4v) is 5.06. The zero-order valence-electron chi connectivity index (χ0n) is 17.8. The van der Waals surface area contributed by atoms with Gasteiger partial charge in [-0.25, -0.2) is 23.1 Å². The molecular formula is C22H26F2N6O2. The number of likely N-dealkylation sites (tertiary alicyclic amines) is 1. The molecule has 2 amide bonds. The Morgan fingerprint density at radius 1 is 1.28 bits per heavy atom. The predicted molar refractivity (Wildman–Crippen MR) is 116 cm³/mol. The van der Waals surface area contributed by atoms with E-state index in [0.29, 0.717) is 43.2 Å². The molecule has 32 heavy (non-hydrogen) atoms. The van der Waals surface area contributed by atoms with E-state index in [4.69, 9.17) is 4.98 Å². The van der Waals surface area contributed by atoms with E-state index in [-0.39, 0.29) is 30.1 Å². The van der Waals surface area contributed by atoms with Gasteiger partial charge in [0.2, 0.25) is 0 Å². The molecular weight excluding hydrogens is 418 g/mol. The Labute approximate surface area is 184 Å². The molecule has 2 N–H and O–H groups in total. The van der Waals surface area contributed by atoms with Gasteiger partial charge in [0, 0.05) is 43.7 Å². The van der Waals surface area contributed by atoms with Crippen molar-refractivity contribution in [2.24, 2.45) is 5.41 Å². The monoisotopic (exact) mass is 444 g/mol. The summed E-state index contributed by atoms with van der Waals surface area (Å²) in [4.78, 5) is 20.9. The van der Waals surface area contributed by atoms with Crippen molar-refractivity contribution in [3.8, 4) is 0 Å². The van der Waals surface area contributed by atoms with Crippen LogP contribution >= 0.6 is 0 Å². The first-order valence-corrected chi connectivity index (χ1v) is 10.9. The second-order valence-corrected chi connectivity index (χ2v) is 9.00. The molecule has 10 heteroatoms. The largest absolute Gasteiger partial charge is 0.391 e. The van der Waals surface area contributed by atoms with Gasteiger partial charge in [0.25, 0.3) is 0 Å². The summed E-state index contributed by atoms with van der Waals surface area (Å²) in [6.07, 6.45) is 7.37. The van der Waals surface area contributed by atoms with Gasteiger partial charge < -0.3 is 20.2 Å². The van der Waals surface area contributed by atoms with Crippen LogP contribution in [0.25, 0.3) is 5.65 Å². The van der Waals surface area contributed by atoms with E-state index in [1.807, 2.05) is 4.90 Å². The number of fused-ring (bicyclic) bond motifs is 1. The number of urea groups is 1. The highest BCUT2D eigenvalue weighted by Gasteiger charge is 2.46. The van der Waals surface area contributed by atoms with Crippen molar-refractivity contribution < 1.29 is 18.7 Å². The molecule has 3 aliphatic rings. The molecule has 3 atom stereocenters. The summed E-state index contributed by atoms with van der Waals surface area (Å²) in [7, 11) is 0. The maximum atomic E-state index is 14.9. The zero-order valence-corrected chi connectivity index (χ0v) is 17.8. The lowest BCUT2D eigenvalue weighted by atomic mass is 9.74. The van der Waals surface area contributed by atoms with Crippen LogP contribution in [0.2, 0.25) is 0 Å². The number of carbonyl (C=O) groups is 1. The van der Waals surface area contributed by atoms with Crippen LogP contribution in [0.4, 0.5) is 25.1 Å². The normalized spacial score (nSPS) is 28.2. The van der Waals surface area contributed by atoms with Crippen molar-refractivity contribution in [3.05, 3.63) is 42.3 Å². The summed E-state index contributed by atoms with van der Waals surface area (Å²) >= 11 is 0. The number of hydrogen-bond acceptors (Lipinski definition) is 5. The number of aliphatic hydroxyl groups excluding tert-OH is 1. The Kier molecular flexibility index (Phi) is 5.11. The molecule has 0 radical (unpaired) electrons. The molecule has 2 saturated heterocycles. The number of rotatable bonds is 3. The average molecular weight is 444 g/mol. The molecule has 2 aliphatic heterocycles. The van der Waals surface area contributed by atoms with Crippen molar-refractivity contribution in [1.82, 2.24) is 19.5 Å². The summed E-state index contributed by atoms with van der Waals surface area (Å²) in [6.45, 7) is 3.23. The molecule has 1 aliphatic carbocycles. The third-order valence-corrected chi connectivity index (χ3v) is 6.82. The van der Waals surface area contributed by atoms with E-state index in [0.717, 1.165) is 12.8 Å². The molecule has 8 nitrogen and oxygen atoms in total. The smallest absolute Gasteiger partial charge is 0.322 e. The van der Waals surface area contributed by atoms with Crippen LogP contribution in [0.15, 0.2) is 42.3 Å². The molecule has 0 bridgehead atoms. The first-order valence-electron chi connectivity index (χ1n) is 10.9. The summed E-state index contributed by atoms with van der Waals surface area (Å²) in [5, 5.41) is 16.8. The number of allylic oxidation sites excluding steroid dienone is 3. The van der Waals surface area contributed by atoms with Gasteiger partial charge >= 0.3 is 6.03 Å². The highest BCUT2D eigenvalue weighted by molar-refractivity contribution is 5.93. The number of nitrogens with zero attached hydrogens (tertiary/aromatic N) is 5. The molecule has 0 saturated carbocycles. The van der Waals surface area contributed by atoms with Crippen LogP contribution in [0.3, 0.4) is 0 Å². The van der Waals surface area contributed by atoms with Crippen molar-refractivity contribution >= 4 is 23.2 Å². The molecule has 2 aromatic heterocycles. The maximum Gasteiger partial charge on any atom is 0.322 e. The third-order valence-electron chi connectivity index (χ3n) is 6.82. The first kappa shape index (κ1) is 20.9. The number of halogens is 2. The topological polar surface area (TPSA) is 86.0 Å². The minimum Gasteiger partial charge on any atom is -0.391 e. The summed E-state index contributed by atoms with van der Waals surface area (Å²) in [5.41, 5.74) is -0.0353. The van der Waals surface area contributed by atoms with Gasteiger partial charge in [-0.05, 0) is 37.5 Å². The minimum absolute atomic E-state index is 0.0222. The van der Waals surface area contributed by atoms with E-state index in [9.17, 15) is 18.7 Å². The number of aromatic nitrogens is 3. The quantitative estimate of drug-likeness (QED) is 0.758. The van der Waals surface area contributed by atoms with Crippen molar-refractivity contribution in [1.29, 1.82) is 0 Å². The average Bonchev–Trinajstić information content (AvgIpc) is 3.51. The number of carbonyl (C=O) groups excluding carboxylic acids is 1. The number of nitrogens with one attached hydrogen (secondary N) is 1. The van der Waals surface area contributed by atoms with Gasteiger partial charge in [0.1, 0.15) is 23.2 Å². The Balaban J connectivity index is 1.42. The highest BCUT2D eigenvalue weighted by atomic mass is 19.1. The number of hydrogen-bond donors (Lipinski definition) is 2. The number of anilines is 2. The van der Waals surface area contributed by atoms with Gasteiger partial charge in [-0.3, -0.25) is 0 Å². The van der Waals surface area contributed by atoms with Crippen LogP contribution < -0.4 is 10.2 Å². The van der Waals surface area contributed by atoms with Crippen LogP contribution in [0.5, 0.6) is 0 Å². The standard InChI is InChI=1S/C22H26F2N6O2/c1-22(11-14(23)4-5-17(22)24)18-3-2-8-29(18)19-7-10-30-20(27-19)16(12-25-30)26-21(32)28-9-6-15(31)13-28/h4-5,7,10,12,15,18,31H,2-3,6,8-9,11,13H2,1H3,(H,26,32)/t15-,18-,22?/m1/s1. The molecule has 0 spiro atoms. The molecule has 1 unspecified atom stereocenters. The number of aliphatic hydroxyl groups is 1. The molecule has 170 valence electrons. The fraction of sp³-hybridized carbons (Fsp3) is 0.500. The predicted octanol–water partition coefficient (Wildman–Crippen LogP) is 3.41. The molecule has 0 aromatic carbocycles. The lowest BCUT2D eigenvalue weighted by molar-refractivity contribution is 0.176. The van der Waals surface area contributed by atoms with E-state index in [1.165, 1.54) is 18.3 Å². The van der Waals surface area contributed by atoms with Crippen LogP contribution in [0.1, 0.15) is 32.6 Å². The fourth-order valence-electron chi connectivity index (χ4n) is 5.06. The number of amides is 2. The van der Waals surface area contributed by atoms with E-state index in [1.54, 1.807) is 28.6 Å².